The Hall–Kier alpha value is -4.92. The molecule has 0 saturated carbocycles. The van der Waals surface area contributed by atoms with Crippen molar-refractivity contribution in [3.63, 3.8) is 0 Å². The van der Waals surface area contributed by atoms with Crippen molar-refractivity contribution in [3.8, 4) is 34.6 Å². The number of ether oxygens (including phenoxy) is 2. The molecule has 0 spiro atoms. The van der Waals surface area contributed by atoms with Gasteiger partial charge in [-0.05, 0) is 43.3 Å². The molecule has 2 aromatic carbocycles. The third-order valence-corrected chi connectivity index (χ3v) is 6.40. The van der Waals surface area contributed by atoms with Crippen LogP contribution < -0.4 is 9.47 Å². The Morgan fingerprint density at radius 1 is 0.917 bits per heavy atom. The minimum Gasteiger partial charge on any atom is -0.496 e. The highest BCUT2D eigenvalue weighted by molar-refractivity contribution is 5.70. The van der Waals surface area contributed by atoms with E-state index < -0.39 is 0 Å². The summed E-state index contributed by atoms with van der Waals surface area (Å²) in [5, 5.41) is 9.53. The smallest absolute Gasteiger partial charge is 0.230 e. The van der Waals surface area contributed by atoms with Gasteiger partial charge < -0.3 is 13.9 Å². The van der Waals surface area contributed by atoms with Crippen LogP contribution in [0.25, 0.3) is 22.7 Å². The van der Waals surface area contributed by atoms with Crippen LogP contribution in [-0.2, 0) is 0 Å². The Bertz CT molecular complexity index is 1720. The van der Waals surface area contributed by atoms with Crippen molar-refractivity contribution in [2.45, 2.75) is 12.8 Å². The van der Waals surface area contributed by atoms with Crippen molar-refractivity contribution in [2.75, 3.05) is 7.11 Å². The van der Waals surface area contributed by atoms with Crippen molar-refractivity contribution in [3.05, 3.63) is 102 Å². The zero-order chi connectivity index (χ0) is 24.2. The average molecular weight is 476 g/mol. The monoisotopic (exact) mass is 476 g/mol. The van der Waals surface area contributed by atoms with Gasteiger partial charge in [-0.15, -0.1) is 5.10 Å². The summed E-state index contributed by atoms with van der Waals surface area (Å²) < 4.78 is 21.4. The predicted octanol–water partition coefficient (Wildman–Crippen LogP) is 5.17. The van der Waals surface area contributed by atoms with E-state index >= 15 is 0 Å². The van der Waals surface area contributed by atoms with Crippen molar-refractivity contribution >= 4 is 5.65 Å². The summed E-state index contributed by atoms with van der Waals surface area (Å²) in [5.74, 6) is 2.68. The fraction of sp³-hybridized carbons (Fsp3) is 0.111. The van der Waals surface area contributed by atoms with Gasteiger partial charge in [-0.1, -0.05) is 30.3 Å². The van der Waals surface area contributed by atoms with Crippen LogP contribution in [0.4, 0.5) is 0 Å². The maximum Gasteiger partial charge on any atom is 0.230 e. The summed E-state index contributed by atoms with van der Waals surface area (Å²) in [6.45, 7) is 1.97. The number of methoxy groups -OCH3 is 1. The number of hydrogen-bond acceptors (Lipinski definition) is 7. The van der Waals surface area contributed by atoms with Gasteiger partial charge in [0, 0.05) is 0 Å². The standard InChI is InChI=1S/C27H20N6O3/c1-16-21-22(20-13-8-14-35-20)23-25-29-24(18-11-6-7-12-19(18)34-2)31-32(25)15-28-26(23)36-27(21)33(30-16)17-9-4-3-5-10-17/h3-15,22H,1-2H3. The Balaban J connectivity index is 1.48. The molecule has 6 aromatic rings. The van der Waals surface area contributed by atoms with Gasteiger partial charge in [0.1, 0.15) is 17.8 Å². The van der Waals surface area contributed by atoms with Crippen molar-refractivity contribution < 1.29 is 13.9 Å². The first kappa shape index (κ1) is 20.5. The third-order valence-electron chi connectivity index (χ3n) is 6.40. The molecule has 0 bridgehead atoms. The number of nitrogens with zero attached hydrogens (tertiary/aromatic N) is 6. The molecule has 1 atom stereocenters. The maximum absolute atomic E-state index is 6.42. The minimum atomic E-state index is -0.331. The second-order valence-electron chi connectivity index (χ2n) is 8.47. The number of para-hydroxylation sites is 2. The molecule has 1 aliphatic heterocycles. The SMILES string of the molecule is COc1ccccc1-c1nc2c3c(ncn2n1)Oc1c(c(C)nn1-c1ccccc1)C3c1ccco1. The predicted molar refractivity (Wildman–Crippen MR) is 131 cm³/mol. The van der Waals surface area contributed by atoms with E-state index in [0.717, 1.165) is 33.8 Å². The summed E-state index contributed by atoms with van der Waals surface area (Å²) in [4.78, 5) is 9.54. The molecule has 7 rings (SSSR count). The molecule has 9 heteroatoms. The fourth-order valence-electron chi connectivity index (χ4n) is 4.81. The molecule has 176 valence electrons. The number of rotatable bonds is 4. The number of aryl methyl sites for hydroxylation is 1. The molecule has 1 aliphatic rings. The number of benzene rings is 2. The van der Waals surface area contributed by atoms with Crippen LogP contribution in [0.1, 0.15) is 28.5 Å². The molecule has 9 nitrogen and oxygen atoms in total. The van der Waals surface area contributed by atoms with E-state index in [9.17, 15) is 0 Å². The number of fused-ring (bicyclic) bond motifs is 4. The molecule has 1 unspecified atom stereocenters. The highest BCUT2D eigenvalue weighted by atomic mass is 16.5. The summed E-state index contributed by atoms with van der Waals surface area (Å²) in [5.41, 5.74) is 4.80. The third kappa shape index (κ3) is 2.96. The van der Waals surface area contributed by atoms with Gasteiger partial charge >= 0.3 is 0 Å². The summed E-state index contributed by atoms with van der Waals surface area (Å²) >= 11 is 0. The molecular weight excluding hydrogens is 456 g/mol. The van der Waals surface area contributed by atoms with Gasteiger partial charge in [-0.25, -0.2) is 19.2 Å². The van der Waals surface area contributed by atoms with Gasteiger partial charge in [0.15, 0.2) is 11.5 Å². The first-order valence-corrected chi connectivity index (χ1v) is 11.5. The first-order valence-electron chi connectivity index (χ1n) is 11.5. The van der Waals surface area contributed by atoms with E-state index in [1.807, 2.05) is 73.7 Å². The van der Waals surface area contributed by atoms with Gasteiger partial charge in [-0.3, -0.25) is 0 Å². The zero-order valence-electron chi connectivity index (χ0n) is 19.5. The van der Waals surface area contributed by atoms with Gasteiger partial charge in [0.25, 0.3) is 0 Å². The van der Waals surface area contributed by atoms with Crippen molar-refractivity contribution in [2.24, 2.45) is 0 Å². The Morgan fingerprint density at radius 3 is 2.56 bits per heavy atom. The maximum atomic E-state index is 6.42. The van der Waals surface area contributed by atoms with E-state index in [1.165, 1.54) is 0 Å². The summed E-state index contributed by atoms with van der Waals surface area (Å²) in [6, 6.07) is 21.4. The van der Waals surface area contributed by atoms with Crippen LogP contribution in [0.2, 0.25) is 0 Å². The molecule has 0 amide bonds. The molecule has 36 heavy (non-hydrogen) atoms. The minimum absolute atomic E-state index is 0.331. The van der Waals surface area contributed by atoms with Gasteiger partial charge in [0.2, 0.25) is 11.8 Å². The topological polar surface area (TPSA) is 92.5 Å². The number of aromatic nitrogens is 6. The zero-order valence-corrected chi connectivity index (χ0v) is 19.5. The lowest BCUT2D eigenvalue weighted by molar-refractivity contribution is 0.392. The lowest BCUT2D eigenvalue weighted by atomic mass is 9.88. The summed E-state index contributed by atoms with van der Waals surface area (Å²) in [7, 11) is 1.63. The van der Waals surface area contributed by atoms with Crippen LogP contribution in [0.3, 0.4) is 0 Å². The van der Waals surface area contributed by atoms with Gasteiger partial charge in [0.05, 0.1) is 47.4 Å². The molecule has 5 heterocycles. The Labute approximate surface area is 205 Å². The molecule has 0 aliphatic carbocycles. The van der Waals surface area contributed by atoms with E-state index in [-0.39, 0.29) is 5.92 Å². The normalized spacial score (nSPS) is 14.3. The lowest BCUT2D eigenvalue weighted by Gasteiger charge is -2.24. The van der Waals surface area contributed by atoms with Gasteiger partial charge in [-0.2, -0.15) is 5.10 Å². The second kappa shape index (κ2) is 7.81. The number of hydrogen-bond donors (Lipinski definition) is 0. The lowest BCUT2D eigenvalue weighted by Crippen LogP contribution is -2.15. The van der Waals surface area contributed by atoms with Crippen LogP contribution in [-0.4, -0.2) is 36.5 Å². The largest absolute Gasteiger partial charge is 0.496 e. The van der Waals surface area contributed by atoms with E-state index in [2.05, 4.69) is 4.98 Å². The van der Waals surface area contributed by atoms with E-state index in [1.54, 1.807) is 28.9 Å². The van der Waals surface area contributed by atoms with Crippen LogP contribution in [0.15, 0.2) is 83.7 Å². The van der Waals surface area contributed by atoms with Crippen LogP contribution in [0, 0.1) is 6.92 Å². The molecule has 4 aromatic heterocycles. The van der Waals surface area contributed by atoms with Crippen LogP contribution in [0.5, 0.6) is 17.5 Å². The molecular formula is C27H20N6O3. The summed E-state index contributed by atoms with van der Waals surface area (Å²) in [6.07, 6.45) is 3.28. The number of furan rings is 1. The quantitative estimate of drug-likeness (QED) is 0.346. The highest BCUT2D eigenvalue weighted by Gasteiger charge is 2.39. The first-order chi connectivity index (χ1) is 17.7. The Kier molecular flexibility index (Phi) is 4.44. The van der Waals surface area contributed by atoms with Crippen molar-refractivity contribution in [1.29, 1.82) is 0 Å². The molecule has 0 saturated heterocycles. The highest BCUT2D eigenvalue weighted by Crippen LogP contribution is 2.49. The van der Waals surface area contributed by atoms with Crippen molar-refractivity contribution in [1.82, 2.24) is 29.4 Å². The fourth-order valence-corrected chi connectivity index (χ4v) is 4.81. The molecule has 0 N–H and O–H groups in total. The average Bonchev–Trinajstić information content (AvgIpc) is 3.67. The van der Waals surface area contributed by atoms with Crippen LogP contribution >= 0.6 is 0 Å². The second-order valence-corrected chi connectivity index (χ2v) is 8.47. The van der Waals surface area contributed by atoms with E-state index in [0.29, 0.717) is 29.0 Å². The Morgan fingerprint density at radius 2 is 1.75 bits per heavy atom. The molecule has 0 radical (unpaired) electrons. The van der Waals surface area contributed by atoms with E-state index in [4.69, 9.17) is 29.1 Å². The molecule has 0 fully saturated rings.